The van der Waals surface area contributed by atoms with E-state index in [1.165, 1.54) is 28.6 Å². The molecule has 1 N–H and O–H groups in total. The Kier molecular flexibility index (Phi) is 11.5. The van der Waals surface area contributed by atoms with Crippen LogP contribution in [0.4, 0.5) is 10.1 Å². The lowest BCUT2D eigenvalue weighted by molar-refractivity contribution is -0.141. The summed E-state index contributed by atoms with van der Waals surface area (Å²) in [6, 6.07) is 21.8. The van der Waals surface area contributed by atoms with Gasteiger partial charge < -0.3 is 10.2 Å². The van der Waals surface area contributed by atoms with Crippen molar-refractivity contribution in [3.63, 3.8) is 0 Å². The fourth-order valence-corrected chi connectivity index (χ4v) is 5.46. The Morgan fingerprint density at radius 1 is 0.927 bits per heavy atom. The van der Waals surface area contributed by atoms with Crippen molar-refractivity contribution in [2.45, 2.75) is 65.1 Å². The van der Waals surface area contributed by atoms with Gasteiger partial charge in [-0.3, -0.25) is 13.9 Å². The first-order valence-electron chi connectivity index (χ1n) is 13.9. The number of rotatable bonds is 14. The Balaban J connectivity index is 1.88. The van der Waals surface area contributed by atoms with Gasteiger partial charge in [0.1, 0.15) is 11.9 Å². The molecule has 0 bridgehead atoms. The number of sulfonamides is 1. The molecule has 0 unspecified atom stereocenters. The molecule has 7 nitrogen and oxygen atoms in total. The standard InChI is InChI=1S/C32H40FN3O4S/c1-5-25(3)34-32(38)30(22-26-10-7-6-8-11-26)35(23-27-15-13-24(2)14-16-27)31(37)12-9-21-36(41(4,39)40)29-19-17-28(33)18-20-29/h6-8,10-11,13-20,25,30H,5,9,12,21-23H2,1-4H3,(H,34,38)/t25-,30+/m0/s1. The lowest BCUT2D eigenvalue weighted by Gasteiger charge is -2.32. The molecule has 0 radical (unpaired) electrons. The number of anilines is 1. The van der Waals surface area contributed by atoms with E-state index in [1.807, 2.05) is 75.4 Å². The number of benzene rings is 3. The predicted octanol–water partition coefficient (Wildman–Crippen LogP) is 5.24. The van der Waals surface area contributed by atoms with Crippen molar-refractivity contribution in [3.05, 3.63) is 101 Å². The van der Waals surface area contributed by atoms with Crippen molar-refractivity contribution in [1.82, 2.24) is 10.2 Å². The number of nitrogens with one attached hydrogen (secondary N) is 1. The van der Waals surface area contributed by atoms with Gasteiger partial charge in [0.2, 0.25) is 21.8 Å². The number of nitrogens with zero attached hydrogens (tertiary/aromatic N) is 2. The summed E-state index contributed by atoms with van der Waals surface area (Å²) in [6.45, 7) is 6.17. The van der Waals surface area contributed by atoms with Gasteiger partial charge in [0.25, 0.3) is 0 Å². The highest BCUT2D eigenvalue weighted by atomic mass is 32.2. The Morgan fingerprint density at radius 3 is 2.15 bits per heavy atom. The number of aryl methyl sites for hydroxylation is 1. The van der Waals surface area contributed by atoms with Crippen molar-refractivity contribution >= 4 is 27.5 Å². The fourth-order valence-electron chi connectivity index (χ4n) is 4.50. The molecule has 0 fully saturated rings. The van der Waals surface area contributed by atoms with Crippen LogP contribution in [-0.2, 0) is 32.6 Å². The SMILES string of the molecule is CC[C@H](C)NC(=O)[C@@H](Cc1ccccc1)N(Cc1ccc(C)cc1)C(=O)CCCN(c1ccc(F)cc1)S(C)(=O)=O. The summed E-state index contributed by atoms with van der Waals surface area (Å²) in [6.07, 6.45) is 2.42. The van der Waals surface area contributed by atoms with Gasteiger partial charge in [0.15, 0.2) is 0 Å². The summed E-state index contributed by atoms with van der Waals surface area (Å²) in [5, 5.41) is 3.05. The number of carbonyl (C=O) groups excluding carboxylic acids is 2. The summed E-state index contributed by atoms with van der Waals surface area (Å²) in [5.74, 6) is -0.949. The Labute approximate surface area is 243 Å². The van der Waals surface area contributed by atoms with E-state index >= 15 is 0 Å². The number of halogens is 1. The van der Waals surface area contributed by atoms with E-state index in [-0.39, 0.29) is 43.8 Å². The molecule has 0 saturated heterocycles. The van der Waals surface area contributed by atoms with E-state index in [2.05, 4.69) is 5.32 Å². The minimum atomic E-state index is -3.67. The molecule has 3 rings (SSSR count). The highest BCUT2D eigenvalue weighted by Gasteiger charge is 2.31. The van der Waals surface area contributed by atoms with Gasteiger partial charge in [0, 0.05) is 32.0 Å². The quantitative estimate of drug-likeness (QED) is 0.282. The maximum atomic E-state index is 13.8. The van der Waals surface area contributed by atoms with E-state index in [9.17, 15) is 22.4 Å². The lowest BCUT2D eigenvalue weighted by atomic mass is 10.0. The topological polar surface area (TPSA) is 86.8 Å². The predicted molar refractivity (Wildman–Crippen MR) is 161 cm³/mol. The zero-order valence-electron chi connectivity index (χ0n) is 24.2. The average molecular weight is 582 g/mol. The molecule has 0 spiro atoms. The first-order valence-corrected chi connectivity index (χ1v) is 15.7. The second-order valence-corrected chi connectivity index (χ2v) is 12.4. The largest absolute Gasteiger partial charge is 0.352 e. The molecule has 0 aliphatic rings. The second kappa shape index (κ2) is 14.8. The number of hydrogen-bond donors (Lipinski definition) is 1. The average Bonchev–Trinajstić information content (AvgIpc) is 2.94. The van der Waals surface area contributed by atoms with Gasteiger partial charge in [-0.1, -0.05) is 67.1 Å². The highest BCUT2D eigenvalue weighted by molar-refractivity contribution is 7.92. The van der Waals surface area contributed by atoms with Crippen LogP contribution < -0.4 is 9.62 Å². The van der Waals surface area contributed by atoms with Crippen LogP contribution in [0, 0.1) is 12.7 Å². The maximum Gasteiger partial charge on any atom is 0.243 e. The first-order chi connectivity index (χ1) is 19.5. The third-order valence-electron chi connectivity index (χ3n) is 7.01. The molecular formula is C32H40FN3O4S. The minimum Gasteiger partial charge on any atom is -0.352 e. The minimum absolute atomic E-state index is 0.0287. The molecule has 0 aliphatic carbocycles. The van der Waals surface area contributed by atoms with Gasteiger partial charge in [-0.25, -0.2) is 12.8 Å². The summed E-state index contributed by atoms with van der Waals surface area (Å²) in [5.41, 5.74) is 3.23. The molecule has 2 atom stereocenters. The molecular weight excluding hydrogens is 541 g/mol. The molecule has 41 heavy (non-hydrogen) atoms. The molecule has 3 aromatic rings. The molecule has 2 amide bonds. The van der Waals surface area contributed by atoms with Gasteiger partial charge in [0.05, 0.1) is 11.9 Å². The molecule has 0 saturated carbocycles. The normalized spacial score (nSPS) is 12.8. The van der Waals surface area contributed by atoms with Crippen LogP contribution in [0.5, 0.6) is 0 Å². The molecule has 0 aromatic heterocycles. The van der Waals surface area contributed by atoms with Crippen molar-refractivity contribution in [2.75, 3.05) is 17.1 Å². The van der Waals surface area contributed by atoms with Crippen molar-refractivity contribution in [1.29, 1.82) is 0 Å². The molecule has 220 valence electrons. The lowest BCUT2D eigenvalue weighted by Crippen LogP contribution is -2.52. The van der Waals surface area contributed by atoms with Crippen LogP contribution in [0.2, 0.25) is 0 Å². The number of carbonyl (C=O) groups is 2. The summed E-state index contributed by atoms with van der Waals surface area (Å²) in [4.78, 5) is 29.1. The molecule has 9 heteroatoms. The monoisotopic (exact) mass is 581 g/mol. The van der Waals surface area contributed by atoms with Gasteiger partial charge in [-0.2, -0.15) is 0 Å². The zero-order chi connectivity index (χ0) is 30.0. The highest BCUT2D eigenvalue weighted by Crippen LogP contribution is 2.21. The number of hydrogen-bond acceptors (Lipinski definition) is 4. The van der Waals surface area contributed by atoms with Crippen molar-refractivity contribution in [3.8, 4) is 0 Å². The summed E-state index contributed by atoms with van der Waals surface area (Å²) < 4.78 is 39.6. The van der Waals surface area contributed by atoms with Crippen molar-refractivity contribution in [2.24, 2.45) is 0 Å². The van der Waals surface area contributed by atoms with Gasteiger partial charge in [-0.15, -0.1) is 0 Å². The van der Waals surface area contributed by atoms with Gasteiger partial charge in [-0.05, 0) is 62.1 Å². The van der Waals surface area contributed by atoms with E-state index < -0.39 is 21.9 Å². The van der Waals surface area contributed by atoms with Gasteiger partial charge >= 0.3 is 0 Å². The van der Waals surface area contributed by atoms with Crippen molar-refractivity contribution < 1.29 is 22.4 Å². The Bertz CT molecular complexity index is 1380. The maximum absolute atomic E-state index is 13.8. The van der Waals surface area contributed by atoms with E-state index in [4.69, 9.17) is 0 Å². The third kappa shape index (κ3) is 9.70. The Hall–Kier alpha value is -3.72. The smallest absolute Gasteiger partial charge is 0.243 e. The van der Waals surface area contributed by atoms with E-state index in [0.29, 0.717) is 12.1 Å². The first kappa shape index (κ1) is 31.8. The van der Waals surface area contributed by atoms with Crippen LogP contribution in [-0.4, -0.2) is 50.0 Å². The summed E-state index contributed by atoms with van der Waals surface area (Å²) >= 11 is 0. The third-order valence-corrected chi connectivity index (χ3v) is 8.21. The van der Waals surface area contributed by atoms with E-state index in [0.717, 1.165) is 29.4 Å². The van der Waals surface area contributed by atoms with Crippen LogP contribution >= 0.6 is 0 Å². The summed E-state index contributed by atoms with van der Waals surface area (Å²) in [7, 11) is -3.67. The molecule has 0 heterocycles. The van der Waals surface area contributed by atoms with Crippen LogP contribution in [0.25, 0.3) is 0 Å². The fraction of sp³-hybridized carbons (Fsp3) is 0.375. The van der Waals surface area contributed by atoms with E-state index in [1.54, 1.807) is 4.90 Å². The molecule has 0 aliphatic heterocycles. The number of amides is 2. The van der Waals surface area contributed by atoms with Crippen LogP contribution in [0.15, 0.2) is 78.9 Å². The zero-order valence-corrected chi connectivity index (χ0v) is 25.0. The van der Waals surface area contributed by atoms with Crippen LogP contribution in [0.3, 0.4) is 0 Å². The van der Waals surface area contributed by atoms with Crippen LogP contribution in [0.1, 0.15) is 49.8 Å². The molecule has 3 aromatic carbocycles. The second-order valence-electron chi connectivity index (χ2n) is 10.4. The Morgan fingerprint density at radius 2 is 1.56 bits per heavy atom.